The molecule has 0 radical (unpaired) electrons. The summed E-state index contributed by atoms with van der Waals surface area (Å²) in [5.41, 5.74) is 0.913. The van der Waals surface area contributed by atoms with Crippen LogP contribution in [0.5, 0.6) is 0 Å². The largest absolute Gasteiger partial charge is 0.380 e. The summed E-state index contributed by atoms with van der Waals surface area (Å²) in [6.45, 7) is 6.03. The highest BCUT2D eigenvalue weighted by Gasteiger charge is 2.34. The highest BCUT2D eigenvalue weighted by Crippen LogP contribution is 2.27. The molecule has 19 heavy (non-hydrogen) atoms. The van der Waals surface area contributed by atoms with Gasteiger partial charge < -0.3 is 9.53 Å². The molecular weight excluding hydrogens is 240 g/mol. The lowest BCUT2D eigenvalue weighted by molar-refractivity contribution is -0.125. The van der Waals surface area contributed by atoms with Crippen LogP contribution in [0.4, 0.5) is 0 Å². The second-order valence-corrected chi connectivity index (χ2v) is 5.30. The molecule has 0 saturated carbocycles. The van der Waals surface area contributed by atoms with Crippen LogP contribution in [0.3, 0.4) is 0 Å². The zero-order valence-electron chi connectivity index (χ0n) is 11.5. The Labute approximate surface area is 114 Å². The minimum atomic E-state index is -0.318. The van der Waals surface area contributed by atoms with E-state index in [-0.39, 0.29) is 5.41 Å². The van der Waals surface area contributed by atoms with Gasteiger partial charge in [0.25, 0.3) is 0 Å². The maximum absolute atomic E-state index is 11.5. The van der Waals surface area contributed by atoms with Crippen LogP contribution in [0, 0.1) is 5.41 Å². The van der Waals surface area contributed by atoms with Crippen LogP contribution in [0.15, 0.2) is 24.5 Å². The van der Waals surface area contributed by atoms with Gasteiger partial charge in [0.2, 0.25) is 0 Å². The van der Waals surface area contributed by atoms with E-state index >= 15 is 0 Å². The summed E-state index contributed by atoms with van der Waals surface area (Å²) in [6.07, 6.45) is 6.63. The van der Waals surface area contributed by atoms with Crippen molar-refractivity contribution >= 4 is 6.29 Å². The van der Waals surface area contributed by atoms with E-state index in [1.807, 2.05) is 24.5 Å². The summed E-state index contributed by atoms with van der Waals surface area (Å²) in [4.78, 5) is 17.8. The van der Waals surface area contributed by atoms with Gasteiger partial charge in [-0.15, -0.1) is 0 Å². The Balaban J connectivity index is 1.99. The number of aldehydes is 1. The monoisotopic (exact) mass is 262 g/mol. The number of carbonyl (C=O) groups excluding carboxylic acids is 1. The number of hydrogen-bond acceptors (Lipinski definition) is 4. The van der Waals surface area contributed by atoms with E-state index in [1.54, 1.807) is 0 Å². The van der Waals surface area contributed by atoms with E-state index in [4.69, 9.17) is 4.74 Å². The first-order valence-corrected chi connectivity index (χ1v) is 6.93. The molecule has 4 nitrogen and oxygen atoms in total. The number of ether oxygens (including phenoxy) is 1. The fourth-order valence-electron chi connectivity index (χ4n) is 2.60. The smallest absolute Gasteiger partial charge is 0.129 e. The van der Waals surface area contributed by atoms with Crippen molar-refractivity contribution < 1.29 is 9.53 Å². The van der Waals surface area contributed by atoms with Crippen LogP contribution < -0.4 is 0 Å². The van der Waals surface area contributed by atoms with Crippen molar-refractivity contribution in [2.45, 2.75) is 26.3 Å². The van der Waals surface area contributed by atoms with Crippen LogP contribution >= 0.6 is 0 Å². The lowest BCUT2D eigenvalue weighted by atomic mass is 9.83. The van der Waals surface area contributed by atoms with Gasteiger partial charge in [-0.3, -0.25) is 9.88 Å². The fourth-order valence-corrected chi connectivity index (χ4v) is 2.60. The van der Waals surface area contributed by atoms with Gasteiger partial charge in [-0.25, -0.2) is 0 Å². The van der Waals surface area contributed by atoms with Crippen LogP contribution in [0.25, 0.3) is 0 Å². The normalized spacial score (nSPS) is 23.5. The number of hydrogen-bond donors (Lipinski definition) is 0. The summed E-state index contributed by atoms with van der Waals surface area (Å²) in [5.74, 6) is 0. The van der Waals surface area contributed by atoms with Crippen LogP contribution in [0.1, 0.15) is 25.3 Å². The first kappa shape index (κ1) is 14.2. The Morgan fingerprint density at radius 3 is 2.84 bits per heavy atom. The molecule has 1 aliphatic heterocycles. The molecule has 1 saturated heterocycles. The van der Waals surface area contributed by atoms with Gasteiger partial charge >= 0.3 is 0 Å². The molecular formula is C15H22N2O2. The van der Waals surface area contributed by atoms with Crippen molar-refractivity contribution in [3.05, 3.63) is 30.1 Å². The first-order chi connectivity index (χ1) is 9.28. The number of rotatable bonds is 6. The zero-order valence-corrected chi connectivity index (χ0v) is 11.5. The molecule has 2 rings (SSSR count). The van der Waals surface area contributed by atoms with Crippen LogP contribution in [-0.2, 0) is 16.1 Å². The van der Waals surface area contributed by atoms with Gasteiger partial charge in [-0.2, -0.15) is 0 Å². The molecule has 1 aromatic rings. The van der Waals surface area contributed by atoms with E-state index < -0.39 is 0 Å². The van der Waals surface area contributed by atoms with Crippen LogP contribution in [-0.4, -0.2) is 42.5 Å². The molecule has 1 atom stereocenters. The Kier molecular flexibility index (Phi) is 5.05. The molecule has 1 aliphatic rings. The van der Waals surface area contributed by atoms with E-state index in [1.165, 1.54) is 5.56 Å². The van der Waals surface area contributed by atoms with Gasteiger partial charge in [0, 0.05) is 32.1 Å². The van der Waals surface area contributed by atoms with Crippen molar-refractivity contribution in [1.29, 1.82) is 0 Å². The molecule has 1 unspecified atom stereocenters. The zero-order chi connectivity index (χ0) is 13.6. The van der Waals surface area contributed by atoms with Crippen molar-refractivity contribution in [2.75, 3.05) is 26.3 Å². The number of nitrogens with zero attached hydrogens (tertiary/aromatic N) is 2. The molecule has 0 spiro atoms. The molecule has 0 bridgehead atoms. The third kappa shape index (κ3) is 3.85. The van der Waals surface area contributed by atoms with Crippen molar-refractivity contribution in [1.82, 2.24) is 9.88 Å². The SMILES string of the molecule is CCN(Cc1ccncc1)CC1(C=O)CCCOC1. The first-order valence-electron chi connectivity index (χ1n) is 6.93. The number of carbonyl (C=O) groups is 1. The maximum atomic E-state index is 11.5. The molecule has 4 heteroatoms. The highest BCUT2D eigenvalue weighted by atomic mass is 16.5. The predicted molar refractivity (Wildman–Crippen MR) is 73.7 cm³/mol. The molecule has 0 N–H and O–H groups in total. The van der Waals surface area contributed by atoms with E-state index in [9.17, 15) is 4.79 Å². The number of pyridine rings is 1. The second-order valence-electron chi connectivity index (χ2n) is 5.30. The summed E-state index contributed by atoms with van der Waals surface area (Å²) in [6, 6.07) is 4.04. The Hall–Kier alpha value is -1.26. The summed E-state index contributed by atoms with van der Waals surface area (Å²) in [7, 11) is 0. The van der Waals surface area contributed by atoms with Gasteiger partial charge in [0.15, 0.2) is 0 Å². The van der Waals surface area contributed by atoms with Crippen LogP contribution in [0.2, 0.25) is 0 Å². The summed E-state index contributed by atoms with van der Waals surface area (Å²) < 4.78 is 5.50. The maximum Gasteiger partial charge on any atom is 0.129 e. The quantitative estimate of drug-likeness (QED) is 0.734. The topological polar surface area (TPSA) is 42.4 Å². The second kappa shape index (κ2) is 6.78. The predicted octanol–water partition coefficient (Wildman–Crippen LogP) is 1.90. The van der Waals surface area contributed by atoms with Crippen molar-refractivity contribution in [3.8, 4) is 0 Å². The standard InChI is InChI=1S/C15H22N2O2/c1-2-17(10-14-4-7-16-8-5-14)11-15(12-18)6-3-9-19-13-15/h4-5,7-8,12H,2-3,6,9-11,13H2,1H3. The van der Waals surface area contributed by atoms with Crippen molar-refractivity contribution in [3.63, 3.8) is 0 Å². The van der Waals surface area contributed by atoms with Gasteiger partial charge in [0.05, 0.1) is 12.0 Å². The lowest BCUT2D eigenvalue weighted by Crippen LogP contribution is -2.44. The van der Waals surface area contributed by atoms with Crippen molar-refractivity contribution in [2.24, 2.45) is 5.41 Å². The van der Waals surface area contributed by atoms with E-state index in [2.05, 4.69) is 16.8 Å². The minimum Gasteiger partial charge on any atom is -0.380 e. The molecule has 0 aromatic carbocycles. The number of aromatic nitrogens is 1. The fraction of sp³-hybridized carbons (Fsp3) is 0.600. The van der Waals surface area contributed by atoms with Gasteiger partial charge in [-0.05, 0) is 37.1 Å². The Bertz CT molecular complexity index is 388. The van der Waals surface area contributed by atoms with Gasteiger partial charge in [-0.1, -0.05) is 6.92 Å². The average molecular weight is 262 g/mol. The molecule has 1 aromatic heterocycles. The molecule has 2 heterocycles. The van der Waals surface area contributed by atoms with Gasteiger partial charge in [0.1, 0.15) is 6.29 Å². The minimum absolute atomic E-state index is 0.318. The molecule has 0 aliphatic carbocycles. The Morgan fingerprint density at radius 1 is 1.47 bits per heavy atom. The summed E-state index contributed by atoms with van der Waals surface area (Å²) in [5, 5.41) is 0. The highest BCUT2D eigenvalue weighted by molar-refractivity contribution is 5.60. The molecule has 104 valence electrons. The lowest BCUT2D eigenvalue weighted by Gasteiger charge is -2.36. The average Bonchev–Trinajstić information content (AvgIpc) is 2.48. The summed E-state index contributed by atoms with van der Waals surface area (Å²) >= 11 is 0. The third-order valence-corrected chi connectivity index (χ3v) is 3.74. The third-order valence-electron chi connectivity index (χ3n) is 3.74. The Morgan fingerprint density at radius 2 is 2.26 bits per heavy atom. The van der Waals surface area contributed by atoms with E-state index in [0.29, 0.717) is 6.61 Å². The van der Waals surface area contributed by atoms with E-state index in [0.717, 1.165) is 45.4 Å². The molecule has 0 amide bonds. The molecule has 1 fully saturated rings.